The van der Waals surface area contributed by atoms with E-state index in [-0.39, 0.29) is 52.7 Å². The number of esters is 1. The van der Waals surface area contributed by atoms with Gasteiger partial charge in [0.25, 0.3) is 0 Å². The van der Waals surface area contributed by atoms with Crippen molar-refractivity contribution in [3.63, 3.8) is 0 Å². The Morgan fingerprint density at radius 2 is 1.74 bits per heavy atom. The van der Waals surface area contributed by atoms with Crippen molar-refractivity contribution in [2.24, 2.45) is 56.7 Å². The number of fused-ring (bicyclic) bond motifs is 4. The molecule has 6 aliphatic carbocycles. The molecule has 46 heavy (non-hydrogen) atoms. The summed E-state index contributed by atoms with van der Waals surface area (Å²) in [7, 11) is 0. The van der Waals surface area contributed by atoms with Crippen LogP contribution < -0.4 is 0 Å². The molecule has 3 heterocycles. The highest BCUT2D eigenvalue weighted by Gasteiger charge is 2.84. The van der Waals surface area contributed by atoms with Gasteiger partial charge in [0.05, 0.1) is 62.7 Å². The number of aliphatic hydroxyl groups excluding tert-OH is 1. The van der Waals surface area contributed by atoms with Crippen LogP contribution in [-0.2, 0) is 28.5 Å². The average Bonchev–Trinajstić information content (AvgIpc) is 3.91. The molecule has 8 nitrogen and oxygen atoms in total. The van der Waals surface area contributed by atoms with Gasteiger partial charge in [0, 0.05) is 12.0 Å². The normalized spacial score (nSPS) is 54.3. The zero-order valence-corrected chi connectivity index (χ0v) is 29.0. The van der Waals surface area contributed by atoms with Crippen molar-refractivity contribution in [3.05, 3.63) is 0 Å². The van der Waals surface area contributed by atoms with Crippen LogP contribution in [0.15, 0.2) is 0 Å². The van der Waals surface area contributed by atoms with Crippen LogP contribution >= 0.6 is 0 Å². The van der Waals surface area contributed by atoms with Gasteiger partial charge >= 0.3 is 5.97 Å². The van der Waals surface area contributed by atoms with Crippen LogP contribution in [0.2, 0.25) is 0 Å². The van der Waals surface area contributed by atoms with Crippen LogP contribution in [0.25, 0.3) is 0 Å². The Balaban J connectivity index is 0.927. The molecule has 6 saturated carbocycles. The Bertz CT molecular complexity index is 1240. The van der Waals surface area contributed by atoms with Crippen LogP contribution in [0.5, 0.6) is 0 Å². The summed E-state index contributed by atoms with van der Waals surface area (Å²) in [4.78, 5) is 14.8. The van der Waals surface area contributed by atoms with Crippen molar-refractivity contribution in [2.45, 2.75) is 136 Å². The lowest BCUT2D eigenvalue weighted by Gasteiger charge is -2.64. The second kappa shape index (κ2) is 10.4. The highest BCUT2D eigenvalue weighted by atomic mass is 16.7. The second-order valence-electron chi connectivity index (χ2n) is 18.7. The third-order valence-corrected chi connectivity index (χ3v) is 16.7. The summed E-state index contributed by atoms with van der Waals surface area (Å²) in [5, 5.41) is 12.5. The van der Waals surface area contributed by atoms with Gasteiger partial charge < -0.3 is 28.8 Å². The third-order valence-electron chi connectivity index (χ3n) is 16.7. The van der Waals surface area contributed by atoms with Crippen molar-refractivity contribution < 1.29 is 33.6 Å². The molecule has 13 atom stereocenters. The number of hydrogen-bond acceptors (Lipinski definition) is 8. The summed E-state index contributed by atoms with van der Waals surface area (Å²) in [6, 6.07) is 0.525. The van der Waals surface area contributed by atoms with Crippen molar-refractivity contribution in [1.82, 2.24) is 4.90 Å². The van der Waals surface area contributed by atoms with E-state index in [2.05, 4.69) is 39.5 Å². The molecule has 1 N–H and O–H groups in total. The van der Waals surface area contributed by atoms with Crippen LogP contribution in [0.3, 0.4) is 0 Å². The number of rotatable bonds is 6. The van der Waals surface area contributed by atoms with Gasteiger partial charge in [-0.1, -0.05) is 34.6 Å². The van der Waals surface area contributed by atoms with E-state index in [4.69, 9.17) is 23.7 Å². The first-order chi connectivity index (χ1) is 21.9. The van der Waals surface area contributed by atoms with Crippen LogP contribution in [0.4, 0.5) is 0 Å². The van der Waals surface area contributed by atoms with Crippen molar-refractivity contribution >= 4 is 5.97 Å². The summed E-state index contributed by atoms with van der Waals surface area (Å²) < 4.78 is 31.1. The molecule has 258 valence electrons. The van der Waals surface area contributed by atoms with Crippen molar-refractivity contribution in [2.75, 3.05) is 39.5 Å². The van der Waals surface area contributed by atoms with E-state index in [1.807, 2.05) is 0 Å². The van der Waals surface area contributed by atoms with E-state index < -0.39 is 6.10 Å². The fourth-order valence-corrected chi connectivity index (χ4v) is 14.0. The number of ether oxygens (including phenoxy) is 5. The summed E-state index contributed by atoms with van der Waals surface area (Å²) in [5.41, 5.74) is 0.650. The van der Waals surface area contributed by atoms with Gasteiger partial charge in [-0.3, -0.25) is 9.69 Å². The molecular weight excluding hydrogens is 582 g/mol. The molecule has 3 saturated heterocycles. The topological polar surface area (TPSA) is 86.7 Å². The maximum absolute atomic E-state index is 12.5. The smallest absolute Gasteiger partial charge is 0.309 e. The molecular formula is C38H59NO7. The first kappa shape index (κ1) is 31.2. The number of carbonyl (C=O) groups is 1. The Labute approximate surface area is 275 Å². The molecule has 0 radical (unpaired) electrons. The maximum atomic E-state index is 12.5. The summed E-state index contributed by atoms with van der Waals surface area (Å²) in [5.74, 6) is 1.99. The molecule has 3 unspecified atom stereocenters. The highest BCUT2D eigenvalue weighted by molar-refractivity contribution is 5.74. The van der Waals surface area contributed by atoms with E-state index in [1.54, 1.807) is 0 Å². The maximum Gasteiger partial charge on any atom is 0.309 e. The SMILES string of the molecule is C[C@@H]1CC(COC(=O)C2CC2)OC2[C@H]1[C@@]1(C)CC[C@@]34C[C@@]35CC[C@H](O[C@H]3CN(C6COC6)CCO3)C(C)(C)[C@@H]5CCC4[C@]1(C)[C@H]2O. The molecule has 9 aliphatic rings. The fourth-order valence-electron chi connectivity index (χ4n) is 14.0. The van der Waals surface area contributed by atoms with Gasteiger partial charge in [-0.15, -0.1) is 0 Å². The lowest BCUT2D eigenvalue weighted by atomic mass is 9.41. The Kier molecular flexibility index (Phi) is 7.05. The highest BCUT2D eigenvalue weighted by Crippen LogP contribution is 2.89. The van der Waals surface area contributed by atoms with Crippen LogP contribution in [0, 0.1) is 56.7 Å². The molecule has 0 aromatic rings. The molecule has 2 spiro atoms. The first-order valence-electron chi connectivity index (χ1n) is 19.0. The van der Waals surface area contributed by atoms with Gasteiger partial charge in [0.15, 0.2) is 6.29 Å². The number of morpholine rings is 1. The van der Waals surface area contributed by atoms with E-state index >= 15 is 0 Å². The second-order valence-corrected chi connectivity index (χ2v) is 18.7. The monoisotopic (exact) mass is 641 g/mol. The number of aliphatic hydroxyl groups is 1. The molecule has 8 heteroatoms. The van der Waals surface area contributed by atoms with Gasteiger partial charge in [-0.05, 0) is 110 Å². The number of carbonyl (C=O) groups excluding carboxylic acids is 1. The quantitative estimate of drug-likeness (QED) is 0.397. The number of hydrogen-bond donors (Lipinski definition) is 1. The summed E-state index contributed by atoms with van der Waals surface area (Å²) in [6.07, 6.45) is 10.7. The standard InChI is InChI=1S/C38H59NO7/c1-22-16-25(20-44-33(41)23-6-7-23)45-31-30(22)35(4)12-13-38-21-37(38)11-10-28(46-29-17-39(14-15-43-29)24-18-42-19-24)34(2,3)26(37)8-9-27(38)36(35,5)32(31)40/h22-32,40H,6-21H2,1-5H3/t22-,25?,26+,27?,28+,29+,30+,31?,32+,35-,36-,37-,38+/m1/s1. The molecule has 9 fully saturated rings. The molecule has 0 amide bonds. The third kappa shape index (κ3) is 4.09. The Hall–Kier alpha value is -0.770. The molecule has 9 rings (SSSR count). The lowest BCUT2D eigenvalue weighted by molar-refractivity contribution is -0.256. The minimum atomic E-state index is -0.483. The number of nitrogens with zero attached hydrogens (tertiary/aromatic N) is 1. The van der Waals surface area contributed by atoms with Crippen LogP contribution in [-0.4, -0.2) is 92.2 Å². The van der Waals surface area contributed by atoms with Gasteiger partial charge in [0.1, 0.15) is 6.61 Å². The van der Waals surface area contributed by atoms with E-state index in [0.717, 1.165) is 58.6 Å². The average molecular weight is 642 g/mol. The van der Waals surface area contributed by atoms with E-state index in [9.17, 15) is 9.90 Å². The van der Waals surface area contributed by atoms with Crippen molar-refractivity contribution in [3.8, 4) is 0 Å². The minimum Gasteiger partial charge on any atom is -0.463 e. The zero-order chi connectivity index (χ0) is 31.9. The lowest BCUT2D eigenvalue weighted by Crippen LogP contribution is -2.60. The van der Waals surface area contributed by atoms with Crippen LogP contribution in [0.1, 0.15) is 98.8 Å². The molecule has 3 aliphatic heterocycles. The largest absolute Gasteiger partial charge is 0.463 e. The summed E-state index contributed by atoms with van der Waals surface area (Å²) >= 11 is 0. The van der Waals surface area contributed by atoms with Gasteiger partial charge in [-0.2, -0.15) is 0 Å². The van der Waals surface area contributed by atoms with Gasteiger partial charge in [0.2, 0.25) is 0 Å². The van der Waals surface area contributed by atoms with E-state index in [1.165, 1.54) is 38.5 Å². The molecule has 0 aromatic carbocycles. The Morgan fingerprint density at radius 3 is 2.48 bits per heavy atom. The van der Waals surface area contributed by atoms with Crippen molar-refractivity contribution in [1.29, 1.82) is 0 Å². The predicted molar refractivity (Wildman–Crippen MR) is 171 cm³/mol. The first-order valence-corrected chi connectivity index (χ1v) is 19.0. The van der Waals surface area contributed by atoms with E-state index in [0.29, 0.717) is 47.2 Å². The Morgan fingerprint density at radius 1 is 0.978 bits per heavy atom. The molecule has 0 bridgehead atoms. The predicted octanol–water partition coefficient (Wildman–Crippen LogP) is 5.20. The molecule has 0 aromatic heterocycles. The van der Waals surface area contributed by atoms with Gasteiger partial charge in [-0.25, -0.2) is 0 Å². The minimum absolute atomic E-state index is 0.0458. The zero-order valence-electron chi connectivity index (χ0n) is 29.0. The fraction of sp³-hybridized carbons (Fsp3) is 0.974. The summed E-state index contributed by atoms with van der Waals surface area (Å²) in [6.45, 7) is 16.9.